The third kappa shape index (κ3) is 5.12. The van der Waals surface area contributed by atoms with E-state index < -0.39 is 37.1 Å². The Balaban J connectivity index is 2.74. The van der Waals surface area contributed by atoms with Crippen LogP contribution in [0, 0.1) is 0 Å². The molecule has 110 valence electrons. The Labute approximate surface area is 111 Å². The van der Waals surface area contributed by atoms with Crippen LogP contribution >= 0.6 is 0 Å². The van der Waals surface area contributed by atoms with Gasteiger partial charge in [0.25, 0.3) is 5.91 Å². The zero-order valence-electron chi connectivity index (χ0n) is 10.4. The molecule has 0 aliphatic carbocycles. The van der Waals surface area contributed by atoms with Gasteiger partial charge in [0.2, 0.25) is 5.88 Å². The van der Waals surface area contributed by atoms with E-state index in [-0.39, 0.29) is 5.56 Å². The van der Waals surface area contributed by atoms with Gasteiger partial charge in [-0.1, -0.05) is 0 Å². The van der Waals surface area contributed by atoms with E-state index in [1.165, 1.54) is 18.3 Å². The highest BCUT2D eigenvalue weighted by Gasteiger charge is 2.29. The molecule has 0 aromatic carbocycles. The SMILES string of the molecule is COC(=O)CNC(=O)c1cccnc1OCC(F)(F)F. The van der Waals surface area contributed by atoms with E-state index in [4.69, 9.17) is 0 Å². The molecule has 0 saturated carbocycles. The van der Waals surface area contributed by atoms with Crippen LogP contribution in [0.25, 0.3) is 0 Å². The third-order valence-electron chi connectivity index (χ3n) is 2.01. The number of carbonyl (C=O) groups excluding carboxylic acids is 2. The number of halogens is 3. The topological polar surface area (TPSA) is 77.5 Å². The molecule has 1 amide bonds. The largest absolute Gasteiger partial charge is 0.468 e. The maximum Gasteiger partial charge on any atom is 0.422 e. The van der Waals surface area contributed by atoms with Crippen molar-refractivity contribution in [1.29, 1.82) is 0 Å². The van der Waals surface area contributed by atoms with Gasteiger partial charge in [0.15, 0.2) is 6.61 Å². The first kappa shape index (κ1) is 15.7. The molecule has 1 heterocycles. The summed E-state index contributed by atoms with van der Waals surface area (Å²) in [6.45, 7) is -1.98. The van der Waals surface area contributed by atoms with Crippen LogP contribution in [0.5, 0.6) is 5.88 Å². The number of hydrogen-bond donors (Lipinski definition) is 1. The standard InChI is InChI=1S/C11H11F3N2O4/c1-19-8(17)5-16-9(18)7-3-2-4-15-10(7)20-6-11(12,13)14/h2-4H,5-6H2,1H3,(H,16,18). The maximum atomic E-state index is 12.1. The molecule has 0 aliphatic rings. The van der Waals surface area contributed by atoms with Crippen molar-refractivity contribution in [3.05, 3.63) is 23.9 Å². The Morgan fingerprint density at radius 2 is 2.10 bits per heavy atom. The van der Waals surface area contributed by atoms with E-state index in [9.17, 15) is 22.8 Å². The van der Waals surface area contributed by atoms with Crippen molar-refractivity contribution < 1.29 is 32.2 Å². The maximum absolute atomic E-state index is 12.1. The molecule has 0 fully saturated rings. The van der Waals surface area contributed by atoms with Gasteiger partial charge in [-0.2, -0.15) is 13.2 Å². The number of methoxy groups -OCH3 is 1. The van der Waals surface area contributed by atoms with Gasteiger partial charge in [-0.05, 0) is 12.1 Å². The number of alkyl halides is 3. The number of nitrogens with zero attached hydrogens (tertiary/aromatic N) is 1. The number of hydrogen-bond acceptors (Lipinski definition) is 5. The second-order valence-corrected chi connectivity index (χ2v) is 3.52. The molecule has 0 spiro atoms. The molecule has 0 atom stereocenters. The Morgan fingerprint density at radius 1 is 1.40 bits per heavy atom. The summed E-state index contributed by atoms with van der Waals surface area (Å²) in [5.41, 5.74) is -0.208. The van der Waals surface area contributed by atoms with Crippen LogP contribution in [0.4, 0.5) is 13.2 Å². The zero-order chi connectivity index (χ0) is 15.2. The van der Waals surface area contributed by atoms with Crippen molar-refractivity contribution in [3.63, 3.8) is 0 Å². The smallest absolute Gasteiger partial charge is 0.422 e. The molecule has 1 aromatic rings. The van der Waals surface area contributed by atoms with Crippen LogP contribution in [-0.4, -0.2) is 43.3 Å². The number of nitrogens with one attached hydrogen (secondary N) is 1. The minimum Gasteiger partial charge on any atom is -0.468 e. The quantitative estimate of drug-likeness (QED) is 0.817. The predicted octanol–water partition coefficient (Wildman–Crippen LogP) is 0.925. The third-order valence-corrected chi connectivity index (χ3v) is 2.01. The first-order valence-electron chi connectivity index (χ1n) is 5.33. The number of esters is 1. The molecule has 6 nitrogen and oxygen atoms in total. The lowest BCUT2D eigenvalue weighted by molar-refractivity contribution is -0.154. The second kappa shape index (κ2) is 6.73. The second-order valence-electron chi connectivity index (χ2n) is 3.52. The molecule has 1 N–H and O–H groups in total. The predicted molar refractivity (Wildman–Crippen MR) is 60.1 cm³/mol. The number of pyridine rings is 1. The van der Waals surface area contributed by atoms with Gasteiger partial charge in [0.1, 0.15) is 12.1 Å². The monoisotopic (exact) mass is 292 g/mol. The lowest BCUT2D eigenvalue weighted by Gasteiger charge is -2.11. The Bertz CT molecular complexity index is 491. The zero-order valence-corrected chi connectivity index (χ0v) is 10.4. The van der Waals surface area contributed by atoms with Gasteiger partial charge in [0, 0.05) is 6.20 Å². The van der Waals surface area contributed by atoms with Gasteiger partial charge in [-0.15, -0.1) is 0 Å². The Morgan fingerprint density at radius 3 is 2.70 bits per heavy atom. The van der Waals surface area contributed by atoms with Gasteiger partial charge < -0.3 is 14.8 Å². The highest BCUT2D eigenvalue weighted by molar-refractivity contribution is 5.97. The fourth-order valence-electron chi connectivity index (χ4n) is 1.15. The summed E-state index contributed by atoms with van der Waals surface area (Å²) in [7, 11) is 1.14. The first-order chi connectivity index (χ1) is 9.33. The number of carbonyl (C=O) groups is 2. The van der Waals surface area contributed by atoms with E-state index in [0.29, 0.717) is 0 Å². The molecule has 0 aliphatic heterocycles. The van der Waals surface area contributed by atoms with E-state index >= 15 is 0 Å². The summed E-state index contributed by atoms with van der Waals surface area (Å²) in [5.74, 6) is -1.95. The summed E-state index contributed by atoms with van der Waals surface area (Å²) < 4.78 is 44.9. The number of rotatable bonds is 5. The van der Waals surface area contributed by atoms with Gasteiger partial charge in [-0.25, -0.2) is 4.98 Å². The number of ether oxygens (including phenoxy) is 2. The van der Waals surface area contributed by atoms with Crippen molar-refractivity contribution in [2.45, 2.75) is 6.18 Å². The number of aromatic nitrogens is 1. The van der Waals surface area contributed by atoms with E-state index in [1.54, 1.807) is 0 Å². The van der Waals surface area contributed by atoms with Crippen molar-refractivity contribution in [2.75, 3.05) is 20.3 Å². The van der Waals surface area contributed by atoms with Crippen molar-refractivity contribution in [2.24, 2.45) is 0 Å². The lowest BCUT2D eigenvalue weighted by Crippen LogP contribution is -2.31. The highest BCUT2D eigenvalue weighted by atomic mass is 19.4. The van der Waals surface area contributed by atoms with Crippen LogP contribution in [-0.2, 0) is 9.53 Å². The average molecular weight is 292 g/mol. The summed E-state index contributed by atoms with van der Waals surface area (Å²) in [6.07, 6.45) is -3.36. The van der Waals surface area contributed by atoms with Crippen molar-refractivity contribution in [1.82, 2.24) is 10.3 Å². The van der Waals surface area contributed by atoms with Crippen molar-refractivity contribution in [3.8, 4) is 5.88 Å². The minimum atomic E-state index is -4.54. The fourth-order valence-corrected chi connectivity index (χ4v) is 1.15. The molecule has 0 saturated heterocycles. The van der Waals surface area contributed by atoms with Crippen LogP contribution in [0.2, 0.25) is 0 Å². The summed E-state index contributed by atoms with van der Waals surface area (Å²) >= 11 is 0. The molecule has 1 rings (SSSR count). The van der Waals surface area contributed by atoms with Crippen LogP contribution < -0.4 is 10.1 Å². The molecule has 0 unspecified atom stereocenters. The highest BCUT2D eigenvalue weighted by Crippen LogP contribution is 2.19. The van der Waals surface area contributed by atoms with Crippen LogP contribution in [0.15, 0.2) is 18.3 Å². The summed E-state index contributed by atoms with van der Waals surface area (Å²) in [4.78, 5) is 26.1. The molecule has 20 heavy (non-hydrogen) atoms. The average Bonchev–Trinajstić information content (AvgIpc) is 2.41. The van der Waals surface area contributed by atoms with Crippen molar-refractivity contribution >= 4 is 11.9 Å². The molecule has 1 aromatic heterocycles. The van der Waals surface area contributed by atoms with Crippen LogP contribution in [0.1, 0.15) is 10.4 Å². The fraction of sp³-hybridized carbons (Fsp3) is 0.364. The van der Waals surface area contributed by atoms with E-state index in [1.807, 2.05) is 0 Å². The Hall–Kier alpha value is -2.32. The molecule has 0 radical (unpaired) electrons. The van der Waals surface area contributed by atoms with Gasteiger partial charge >= 0.3 is 12.1 Å². The molecule has 0 bridgehead atoms. The minimum absolute atomic E-state index is 0.208. The first-order valence-corrected chi connectivity index (χ1v) is 5.33. The molecule has 9 heteroatoms. The molecular weight excluding hydrogens is 281 g/mol. The molecular formula is C11H11F3N2O4. The number of amides is 1. The Kier molecular flexibility index (Phi) is 5.30. The normalized spacial score (nSPS) is 10.8. The van der Waals surface area contributed by atoms with E-state index in [0.717, 1.165) is 7.11 Å². The van der Waals surface area contributed by atoms with Gasteiger partial charge in [-0.3, -0.25) is 9.59 Å². The lowest BCUT2D eigenvalue weighted by atomic mass is 10.2. The van der Waals surface area contributed by atoms with Crippen LogP contribution in [0.3, 0.4) is 0 Å². The summed E-state index contributed by atoms with van der Waals surface area (Å²) in [5, 5.41) is 2.17. The van der Waals surface area contributed by atoms with Gasteiger partial charge in [0.05, 0.1) is 7.11 Å². The summed E-state index contributed by atoms with van der Waals surface area (Å²) in [6, 6.07) is 2.58. The van der Waals surface area contributed by atoms with E-state index in [2.05, 4.69) is 19.8 Å².